The predicted molar refractivity (Wildman–Crippen MR) is 74.0 cm³/mol. The molecule has 0 aliphatic heterocycles. The van der Waals surface area contributed by atoms with Crippen LogP contribution in [0.4, 0.5) is 5.13 Å². The Hall–Kier alpha value is -1.76. The molecule has 1 N–H and O–H groups in total. The van der Waals surface area contributed by atoms with Crippen LogP contribution in [0, 0.1) is 12.8 Å². The molecule has 0 bridgehead atoms. The molecule has 0 aliphatic carbocycles. The van der Waals surface area contributed by atoms with Crippen molar-refractivity contribution in [2.24, 2.45) is 5.92 Å². The summed E-state index contributed by atoms with van der Waals surface area (Å²) in [6.45, 7) is 6.45. The fraction of sp³-hybridized carbons (Fsp3) is 0.500. The third-order valence-corrected chi connectivity index (χ3v) is 3.76. The molecular weight excluding hydrogens is 262 g/mol. The summed E-state index contributed by atoms with van der Waals surface area (Å²) >= 11 is 1.51. The summed E-state index contributed by atoms with van der Waals surface area (Å²) in [6, 6.07) is 0. The minimum atomic E-state index is -0.184. The van der Waals surface area contributed by atoms with Crippen molar-refractivity contribution < 1.29 is 4.79 Å². The predicted octanol–water partition coefficient (Wildman–Crippen LogP) is 1.88. The minimum absolute atomic E-state index is 0.0492. The molecule has 0 unspecified atom stereocenters. The summed E-state index contributed by atoms with van der Waals surface area (Å²) in [5.74, 6) is -0.233. The molecule has 0 aliphatic rings. The first-order chi connectivity index (χ1) is 9.10. The SMILES string of the molecule is CCc1nc(NC(=O)[C@@H](C)Cn2cncn2)sc1C. The highest BCUT2D eigenvalue weighted by molar-refractivity contribution is 7.15. The van der Waals surface area contributed by atoms with Crippen LogP contribution in [-0.4, -0.2) is 25.7 Å². The van der Waals surface area contributed by atoms with Crippen LogP contribution in [0.3, 0.4) is 0 Å². The van der Waals surface area contributed by atoms with Crippen LogP contribution in [0.25, 0.3) is 0 Å². The van der Waals surface area contributed by atoms with E-state index < -0.39 is 0 Å². The molecule has 2 aromatic rings. The van der Waals surface area contributed by atoms with Gasteiger partial charge >= 0.3 is 0 Å². The Balaban J connectivity index is 1.96. The fourth-order valence-corrected chi connectivity index (χ4v) is 2.63. The van der Waals surface area contributed by atoms with Gasteiger partial charge in [0.1, 0.15) is 12.7 Å². The number of rotatable bonds is 5. The standard InChI is InChI=1S/C12H17N5OS/c1-4-10-9(3)19-12(15-10)16-11(18)8(2)5-17-7-13-6-14-17/h6-8H,4-5H2,1-3H3,(H,15,16,18)/t8-/m0/s1. The van der Waals surface area contributed by atoms with Gasteiger partial charge in [0, 0.05) is 4.88 Å². The van der Waals surface area contributed by atoms with Gasteiger partial charge < -0.3 is 5.32 Å². The maximum atomic E-state index is 12.0. The average Bonchev–Trinajstić information content (AvgIpc) is 2.98. The third-order valence-electron chi connectivity index (χ3n) is 2.83. The molecule has 0 radical (unpaired) electrons. The molecule has 2 rings (SSSR count). The molecule has 1 atom stereocenters. The zero-order chi connectivity index (χ0) is 13.8. The van der Waals surface area contributed by atoms with Crippen LogP contribution >= 0.6 is 11.3 Å². The number of hydrogen-bond acceptors (Lipinski definition) is 5. The summed E-state index contributed by atoms with van der Waals surface area (Å²) in [6.07, 6.45) is 3.95. The second-order valence-electron chi connectivity index (χ2n) is 4.38. The molecular formula is C12H17N5OS. The smallest absolute Gasteiger partial charge is 0.230 e. The highest BCUT2D eigenvalue weighted by Gasteiger charge is 2.16. The fourth-order valence-electron chi connectivity index (χ4n) is 1.73. The van der Waals surface area contributed by atoms with E-state index in [1.54, 1.807) is 11.0 Å². The molecule has 2 heterocycles. The summed E-state index contributed by atoms with van der Waals surface area (Å²) in [7, 11) is 0. The van der Waals surface area contributed by atoms with E-state index in [0.717, 1.165) is 17.0 Å². The Morgan fingerprint density at radius 2 is 2.37 bits per heavy atom. The molecule has 19 heavy (non-hydrogen) atoms. The van der Waals surface area contributed by atoms with Crippen molar-refractivity contribution in [1.82, 2.24) is 19.7 Å². The Morgan fingerprint density at radius 1 is 1.58 bits per heavy atom. The number of anilines is 1. The largest absolute Gasteiger partial charge is 0.302 e. The van der Waals surface area contributed by atoms with Crippen LogP contribution in [0.5, 0.6) is 0 Å². The van der Waals surface area contributed by atoms with E-state index in [0.29, 0.717) is 11.7 Å². The van der Waals surface area contributed by atoms with Crippen molar-refractivity contribution in [2.75, 3.05) is 5.32 Å². The van der Waals surface area contributed by atoms with Crippen molar-refractivity contribution in [1.29, 1.82) is 0 Å². The highest BCUT2D eigenvalue weighted by Crippen LogP contribution is 2.22. The number of carbonyl (C=O) groups excluding carboxylic acids is 1. The van der Waals surface area contributed by atoms with Crippen molar-refractivity contribution in [3.8, 4) is 0 Å². The summed E-state index contributed by atoms with van der Waals surface area (Å²) in [5, 5.41) is 7.52. The van der Waals surface area contributed by atoms with Crippen LogP contribution in [0.15, 0.2) is 12.7 Å². The van der Waals surface area contributed by atoms with Gasteiger partial charge in [-0.15, -0.1) is 11.3 Å². The minimum Gasteiger partial charge on any atom is -0.302 e. The van der Waals surface area contributed by atoms with Gasteiger partial charge in [0.25, 0.3) is 0 Å². The third kappa shape index (κ3) is 3.37. The van der Waals surface area contributed by atoms with E-state index in [4.69, 9.17) is 0 Å². The average molecular weight is 279 g/mol. The lowest BCUT2D eigenvalue weighted by Gasteiger charge is -2.09. The number of amides is 1. The number of carbonyl (C=O) groups is 1. The molecule has 6 nitrogen and oxygen atoms in total. The van der Waals surface area contributed by atoms with Crippen molar-refractivity contribution in [2.45, 2.75) is 33.7 Å². The molecule has 1 amide bonds. The first kappa shape index (κ1) is 13.7. The lowest BCUT2D eigenvalue weighted by Crippen LogP contribution is -2.24. The molecule has 0 spiro atoms. The molecule has 0 saturated carbocycles. The zero-order valence-corrected chi connectivity index (χ0v) is 12.1. The van der Waals surface area contributed by atoms with E-state index in [-0.39, 0.29) is 11.8 Å². The summed E-state index contributed by atoms with van der Waals surface area (Å²) in [4.78, 5) is 21.4. The number of hydrogen-bond donors (Lipinski definition) is 1. The highest BCUT2D eigenvalue weighted by atomic mass is 32.1. The van der Waals surface area contributed by atoms with Crippen LogP contribution in [0.1, 0.15) is 24.4 Å². The molecule has 0 aromatic carbocycles. The molecule has 2 aromatic heterocycles. The summed E-state index contributed by atoms with van der Waals surface area (Å²) in [5.41, 5.74) is 1.05. The molecule has 7 heteroatoms. The van der Waals surface area contributed by atoms with Crippen LogP contribution in [0.2, 0.25) is 0 Å². The van der Waals surface area contributed by atoms with Crippen molar-refractivity contribution in [3.63, 3.8) is 0 Å². The van der Waals surface area contributed by atoms with E-state index in [9.17, 15) is 4.79 Å². The van der Waals surface area contributed by atoms with Crippen molar-refractivity contribution in [3.05, 3.63) is 23.2 Å². The zero-order valence-electron chi connectivity index (χ0n) is 11.3. The number of aryl methyl sites for hydroxylation is 2. The van der Waals surface area contributed by atoms with Gasteiger partial charge in [-0.05, 0) is 13.3 Å². The van der Waals surface area contributed by atoms with Gasteiger partial charge in [0.15, 0.2) is 5.13 Å². The second-order valence-corrected chi connectivity index (χ2v) is 5.59. The van der Waals surface area contributed by atoms with E-state index >= 15 is 0 Å². The van der Waals surface area contributed by atoms with Gasteiger partial charge in [0.2, 0.25) is 5.91 Å². The van der Waals surface area contributed by atoms with E-state index in [1.807, 2.05) is 13.8 Å². The number of nitrogens with one attached hydrogen (secondary N) is 1. The van der Waals surface area contributed by atoms with Crippen molar-refractivity contribution >= 4 is 22.4 Å². The Morgan fingerprint density at radius 3 is 2.95 bits per heavy atom. The van der Waals surface area contributed by atoms with E-state index in [1.165, 1.54) is 17.7 Å². The maximum absolute atomic E-state index is 12.0. The quantitative estimate of drug-likeness (QED) is 0.907. The Bertz CT molecular complexity index is 548. The monoisotopic (exact) mass is 279 g/mol. The van der Waals surface area contributed by atoms with Gasteiger partial charge in [-0.3, -0.25) is 9.48 Å². The van der Waals surface area contributed by atoms with Crippen LogP contribution in [-0.2, 0) is 17.8 Å². The second kappa shape index (κ2) is 5.92. The lowest BCUT2D eigenvalue weighted by molar-refractivity contribution is -0.119. The summed E-state index contributed by atoms with van der Waals surface area (Å²) < 4.78 is 1.65. The van der Waals surface area contributed by atoms with Gasteiger partial charge in [0.05, 0.1) is 18.2 Å². The van der Waals surface area contributed by atoms with Gasteiger partial charge in [-0.1, -0.05) is 13.8 Å². The first-order valence-corrected chi connectivity index (χ1v) is 7.01. The Kier molecular flexibility index (Phi) is 4.26. The first-order valence-electron chi connectivity index (χ1n) is 6.19. The lowest BCUT2D eigenvalue weighted by atomic mass is 10.2. The van der Waals surface area contributed by atoms with Gasteiger partial charge in [-0.25, -0.2) is 9.97 Å². The molecule has 0 fully saturated rings. The maximum Gasteiger partial charge on any atom is 0.230 e. The van der Waals surface area contributed by atoms with Crippen LogP contribution < -0.4 is 5.32 Å². The molecule has 0 saturated heterocycles. The van der Waals surface area contributed by atoms with Gasteiger partial charge in [-0.2, -0.15) is 5.10 Å². The van der Waals surface area contributed by atoms with E-state index in [2.05, 4.69) is 27.3 Å². The number of thiazole rings is 1. The number of nitrogens with zero attached hydrogens (tertiary/aromatic N) is 4. The molecule has 102 valence electrons. The number of aromatic nitrogens is 4. The Labute approximate surface area is 115 Å². The topological polar surface area (TPSA) is 72.7 Å². The normalized spacial score (nSPS) is 12.4.